The smallest absolute Gasteiger partial charge is 0.265 e. The van der Waals surface area contributed by atoms with Crippen LogP contribution in [0.15, 0.2) is 42.5 Å². The summed E-state index contributed by atoms with van der Waals surface area (Å²) in [7, 11) is 0. The number of carbonyl (C=O) groups excluding carboxylic acids is 1. The predicted molar refractivity (Wildman–Crippen MR) is 95.7 cm³/mol. The summed E-state index contributed by atoms with van der Waals surface area (Å²) < 4.78 is 5.63. The highest BCUT2D eigenvalue weighted by atomic mass is 35.5. The second-order valence-corrected chi connectivity index (χ2v) is 6.41. The quantitative estimate of drug-likeness (QED) is 0.769. The molecule has 0 saturated heterocycles. The van der Waals surface area contributed by atoms with Crippen molar-refractivity contribution in [1.82, 2.24) is 0 Å². The molecule has 0 spiro atoms. The lowest BCUT2D eigenvalue weighted by Crippen LogP contribution is -2.30. The molecule has 1 amide bonds. The van der Waals surface area contributed by atoms with Crippen molar-refractivity contribution in [1.29, 1.82) is 0 Å². The van der Waals surface area contributed by atoms with Crippen LogP contribution in [0.3, 0.4) is 0 Å². The Labute approximate surface area is 146 Å². The van der Waals surface area contributed by atoms with Crippen LogP contribution in [0, 0.1) is 0 Å². The average Bonchev–Trinajstić information content (AvgIpc) is 2.50. The van der Waals surface area contributed by atoms with E-state index < -0.39 is 6.10 Å². The van der Waals surface area contributed by atoms with Gasteiger partial charge >= 0.3 is 0 Å². The van der Waals surface area contributed by atoms with Gasteiger partial charge in [0.1, 0.15) is 5.75 Å². The molecule has 2 rings (SSSR count). The van der Waals surface area contributed by atoms with Gasteiger partial charge in [0.05, 0.1) is 5.02 Å². The van der Waals surface area contributed by atoms with Gasteiger partial charge in [0.2, 0.25) is 0 Å². The zero-order valence-corrected chi connectivity index (χ0v) is 14.8. The normalized spacial score (nSPS) is 12.1. The maximum atomic E-state index is 12.4. The first-order chi connectivity index (χ1) is 10.9. The highest BCUT2D eigenvalue weighted by molar-refractivity contribution is 6.35. The molecule has 2 aromatic rings. The fraction of sp³-hybridized carbons (Fsp3) is 0.278. The molecule has 1 atom stereocenters. The van der Waals surface area contributed by atoms with Gasteiger partial charge in [0.15, 0.2) is 6.10 Å². The largest absolute Gasteiger partial charge is 0.479 e. The second-order valence-electron chi connectivity index (χ2n) is 5.57. The summed E-state index contributed by atoms with van der Waals surface area (Å²) in [5.74, 6) is 0.508. The molecular weight excluding hydrogens is 333 g/mol. The molecule has 0 aliphatic rings. The van der Waals surface area contributed by atoms with Crippen molar-refractivity contribution in [3.8, 4) is 5.75 Å². The molecule has 0 aliphatic heterocycles. The molecule has 0 radical (unpaired) electrons. The van der Waals surface area contributed by atoms with E-state index >= 15 is 0 Å². The van der Waals surface area contributed by atoms with Gasteiger partial charge < -0.3 is 10.1 Å². The van der Waals surface area contributed by atoms with Gasteiger partial charge in [-0.05, 0) is 42.7 Å². The third kappa shape index (κ3) is 4.63. The van der Waals surface area contributed by atoms with E-state index in [1.165, 1.54) is 0 Å². The highest BCUT2D eigenvalue weighted by Gasteiger charge is 2.18. The van der Waals surface area contributed by atoms with Gasteiger partial charge in [-0.25, -0.2) is 0 Å². The first kappa shape index (κ1) is 17.6. The first-order valence-electron chi connectivity index (χ1n) is 7.40. The minimum atomic E-state index is -0.686. The lowest BCUT2D eigenvalue weighted by Gasteiger charge is -2.18. The van der Waals surface area contributed by atoms with Crippen LogP contribution in [-0.2, 0) is 4.79 Å². The Morgan fingerprint density at radius 2 is 1.78 bits per heavy atom. The van der Waals surface area contributed by atoms with Crippen LogP contribution in [0.4, 0.5) is 5.69 Å². The number of ether oxygens (including phenoxy) is 1. The molecule has 5 heteroatoms. The molecule has 0 aromatic heterocycles. The summed E-state index contributed by atoms with van der Waals surface area (Å²) in [4.78, 5) is 12.4. The first-order valence-corrected chi connectivity index (χ1v) is 8.15. The van der Waals surface area contributed by atoms with Crippen molar-refractivity contribution < 1.29 is 9.53 Å². The van der Waals surface area contributed by atoms with Crippen LogP contribution in [0.25, 0.3) is 0 Å². The minimum Gasteiger partial charge on any atom is -0.479 e. The fourth-order valence-electron chi connectivity index (χ4n) is 2.16. The van der Waals surface area contributed by atoms with Crippen molar-refractivity contribution in [3.63, 3.8) is 0 Å². The van der Waals surface area contributed by atoms with Gasteiger partial charge in [-0.1, -0.05) is 55.2 Å². The van der Waals surface area contributed by atoms with E-state index in [2.05, 4.69) is 19.2 Å². The molecule has 23 heavy (non-hydrogen) atoms. The maximum absolute atomic E-state index is 12.4. The SMILES string of the molecule is CC(Oc1ccc(Cl)cc1Cl)C(=O)Nc1ccccc1C(C)C. The molecule has 1 unspecified atom stereocenters. The minimum absolute atomic E-state index is 0.232. The number of nitrogens with one attached hydrogen (secondary N) is 1. The van der Waals surface area contributed by atoms with Crippen LogP contribution in [0.5, 0.6) is 5.75 Å². The second kappa shape index (κ2) is 7.71. The molecule has 0 bridgehead atoms. The summed E-state index contributed by atoms with van der Waals surface area (Å²) in [6, 6.07) is 12.6. The molecule has 2 aromatic carbocycles. The number of rotatable bonds is 5. The Morgan fingerprint density at radius 1 is 1.09 bits per heavy atom. The lowest BCUT2D eigenvalue weighted by molar-refractivity contribution is -0.122. The van der Waals surface area contributed by atoms with Crippen LogP contribution >= 0.6 is 23.2 Å². The number of hydrogen-bond acceptors (Lipinski definition) is 2. The Morgan fingerprint density at radius 3 is 2.43 bits per heavy atom. The number of anilines is 1. The Hall–Kier alpha value is -1.71. The van der Waals surface area contributed by atoms with E-state index in [0.717, 1.165) is 11.3 Å². The van der Waals surface area contributed by atoms with Gasteiger partial charge in [-0.3, -0.25) is 4.79 Å². The highest BCUT2D eigenvalue weighted by Crippen LogP contribution is 2.29. The fourth-order valence-corrected chi connectivity index (χ4v) is 2.62. The number of para-hydroxylation sites is 1. The van der Waals surface area contributed by atoms with Crippen LogP contribution in [-0.4, -0.2) is 12.0 Å². The molecular formula is C18H19Cl2NO2. The summed E-state index contributed by atoms with van der Waals surface area (Å²) in [5, 5.41) is 3.80. The number of hydrogen-bond donors (Lipinski definition) is 1. The summed E-state index contributed by atoms with van der Waals surface area (Å²) in [6.45, 7) is 5.84. The third-order valence-electron chi connectivity index (χ3n) is 3.41. The standard InChI is InChI=1S/C18H19Cl2NO2/c1-11(2)14-6-4-5-7-16(14)21-18(22)12(3)23-17-9-8-13(19)10-15(17)20/h4-12H,1-3H3,(H,21,22). The summed E-state index contributed by atoms with van der Waals surface area (Å²) in [6.07, 6.45) is -0.686. The van der Waals surface area contributed by atoms with Crippen LogP contribution in [0.1, 0.15) is 32.3 Å². The van der Waals surface area contributed by atoms with Gasteiger partial charge in [-0.15, -0.1) is 0 Å². The number of amides is 1. The molecule has 0 saturated carbocycles. The molecule has 122 valence electrons. The predicted octanol–water partition coefficient (Wildman–Crippen LogP) is 5.52. The monoisotopic (exact) mass is 351 g/mol. The molecule has 3 nitrogen and oxygen atoms in total. The van der Waals surface area contributed by atoms with E-state index in [0.29, 0.717) is 21.7 Å². The van der Waals surface area contributed by atoms with Gasteiger partial charge in [-0.2, -0.15) is 0 Å². The van der Waals surface area contributed by atoms with Crippen molar-refractivity contribution in [3.05, 3.63) is 58.1 Å². The molecule has 0 aliphatic carbocycles. The van der Waals surface area contributed by atoms with E-state index in [1.54, 1.807) is 25.1 Å². The van der Waals surface area contributed by atoms with Crippen molar-refractivity contribution in [2.45, 2.75) is 32.8 Å². The zero-order chi connectivity index (χ0) is 17.0. The average molecular weight is 352 g/mol. The number of carbonyl (C=O) groups is 1. The van der Waals surface area contributed by atoms with Crippen LogP contribution in [0.2, 0.25) is 10.0 Å². The Kier molecular flexibility index (Phi) is 5.91. The van der Waals surface area contributed by atoms with E-state index in [1.807, 2.05) is 24.3 Å². The summed E-state index contributed by atoms with van der Waals surface area (Å²) >= 11 is 11.9. The molecule has 1 N–H and O–H groups in total. The maximum Gasteiger partial charge on any atom is 0.265 e. The van der Waals surface area contributed by atoms with Crippen molar-refractivity contribution in [2.75, 3.05) is 5.32 Å². The van der Waals surface area contributed by atoms with E-state index in [9.17, 15) is 4.79 Å². The number of benzene rings is 2. The van der Waals surface area contributed by atoms with E-state index in [-0.39, 0.29) is 5.91 Å². The topological polar surface area (TPSA) is 38.3 Å². The zero-order valence-electron chi connectivity index (χ0n) is 13.3. The van der Waals surface area contributed by atoms with Crippen molar-refractivity contribution in [2.24, 2.45) is 0 Å². The van der Waals surface area contributed by atoms with Crippen molar-refractivity contribution >= 4 is 34.8 Å². The summed E-state index contributed by atoms with van der Waals surface area (Å²) in [5.41, 5.74) is 1.88. The van der Waals surface area contributed by atoms with Crippen LogP contribution < -0.4 is 10.1 Å². The lowest BCUT2D eigenvalue weighted by atomic mass is 10.0. The van der Waals surface area contributed by atoms with E-state index in [4.69, 9.17) is 27.9 Å². The third-order valence-corrected chi connectivity index (χ3v) is 3.94. The number of halogens is 2. The Balaban J connectivity index is 2.09. The van der Waals surface area contributed by atoms with Gasteiger partial charge in [0.25, 0.3) is 5.91 Å². The Bertz CT molecular complexity index is 701. The molecule has 0 heterocycles. The molecule has 0 fully saturated rings. The van der Waals surface area contributed by atoms with Gasteiger partial charge in [0, 0.05) is 10.7 Å².